The Morgan fingerprint density at radius 3 is 2.14 bits per heavy atom. The number of rotatable bonds is 10. The lowest BCUT2D eigenvalue weighted by Crippen LogP contribution is -2.52. The second kappa shape index (κ2) is 17.2. The van der Waals surface area contributed by atoms with Crippen LogP contribution in [0.4, 0.5) is 4.79 Å². The smallest absolute Gasteiger partial charge is 0.317 e. The first-order valence-corrected chi connectivity index (χ1v) is 20.9. The van der Waals surface area contributed by atoms with Gasteiger partial charge in [-0.05, 0) is 85.1 Å². The number of hydrogen-bond acceptors (Lipinski definition) is 10. The van der Waals surface area contributed by atoms with Crippen LogP contribution in [0.3, 0.4) is 0 Å². The van der Waals surface area contributed by atoms with Crippen LogP contribution >= 0.6 is 0 Å². The number of carbonyl (C=O) groups is 4. The van der Waals surface area contributed by atoms with Gasteiger partial charge in [0.1, 0.15) is 17.5 Å². The minimum atomic E-state index is -0.592. The van der Waals surface area contributed by atoms with E-state index in [0.717, 1.165) is 105 Å². The molecule has 314 valence electrons. The number of aryl methyl sites for hydroxylation is 1. The molecule has 6 heterocycles. The monoisotopic (exact) mass is 808 g/mol. The number of ether oxygens (including phenoxy) is 2. The van der Waals surface area contributed by atoms with Crippen molar-refractivity contribution in [2.75, 3.05) is 80.2 Å². The number of urea groups is 1. The molecule has 3 saturated heterocycles. The number of piperazine rings is 1. The molecule has 5 amide bonds. The number of amides is 5. The Morgan fingerprint density at radius 2 is 1.47 bits per heavy atom. The van der Waals surface area contributed by atoms with Gasteiger partial charge in [0.2, 0.25) is 11.8 Å². The van der Waals surface area contributed by atoms with Gasteiger partial charge >= 0.3 is 6.03 Å². The van der Waals surface area contributed by atoms with E-state index in [1.165, 1.54) is 5.56 Å². The van der Waals surface area contributed by atoms with Crippen LogP contribution in [-0.2, 0) is 42.7 Å². The van der Waals surface area contributed by atoms with E-state index in [9.17, 15) is 24.0 Å². The van der Waals surface area contributed by atoms with Crippen LogP contribution < -0.4 is 25.7 Å². The minimum Gasteiger partial charge on any atom is -0.496 e. The van der Waals surface area contributed by atoms with E-state index in [4.69, 9.17) is 9.47 Å². The average Bonchev–Trinajstić information content (AvgIpc) is 3.59. The fraction of sp³-hybridized carbons (Fsp3) is 0.523. The number of aromatic nitrogens is 1. The van der Waals surface area contributed by atoms with Crippen LogP contribution in [0.1, 0.15) is 69.8 Å². The van der Waals surface area contributed by atoms with Gasteiger partial charge in [-0.25, -0.2) is 4.79 Å². The van der Waals surface area contributed by atoms with E-state index < -0.39 is 6.04 Å². The number of methoxy groups -OCH3 is 2. The predicted molar refractivity (Wildman–Crippen MR) is 221 cm³/mol. The van der Waals surface area contributed by atoms with Crippen molar-refractivity contribution in [2.45, 2.75) is 63.7 Å². The highest BCUT2D eigenvalue weighted by atomic mass is 16.5. The molecule has 5 aliphatic heterocycles. The number of hydrogen-bond donors (Lipinski definition) is 2. The molecule has 15 heteroatoms. The molecule has 1 atom stereocenters. The molecule has 15 nitrogen and oxygen atoms in total. The van der Waals surface area contributed by atoms with Crippen molar-refractivity contribution in [3.8, 4) is 22.6 Å². The zero-order chi connectivity index (χ0) is 41.4. The Hall–Kier alpha value is -5.25. The quantitative estimate of drug-likeness (QED) is 0.293. The van der Waals surface area contributed by atoms with Gasteiger partial charge in [0.25, 0.3) is 11.5 Å². The first-order chi connectivity index (χ1) is 28.5. The average molecular weight is 809 g/mol. The van der Waals surface area contributed by atoms with E-state index in [-0.39, 0.29) is 42.3 Å². The third-order valence-corrected chi connectivity index (χ3v) is 13.2. The Kier molecular flexibility index (Phi) is 11.8. The fourth-order valence-corrected chi connectivity index (χ4v) is 9.67. The summed E-state index contributed by atoms with van der Waals surface area (Å²) in [6, 6.07) is 9.56. The number of fused-ring (bicyclic) bond motifs is 2. The number of piperidine rings is 2. The molecule has 0 radical (unpaired) electrons. The van der Waals surface area contributed by atoms with Crippen molar-refractivity contribution in [2.24, 2.45) is 7.05 Å². The van der Waals surface area contributed by atoms with Gasteiger partial charge in [-0.1, -0.05) is 12.1 Å². The van der Waals surface area contributed by atoms with Gasteiger partial charge < -0.3 is 34.1 Å². The van der Waals surface area contributed by atoms with E-state index >= 15 is 0 Å². The molecular formula is C44H56N8O7. The van der Waals surface area contributed by atoms with Crippen molar-refractivity contribution in [3.63, 3.8) is 0 Å². The number of nitrogens with zero attached hydrogens (tertiary/aromatic N) is 6. The summed E-state index contributed by atoms with van der Waals surface area (Å²) in [6.45, 7) is 9.82. The summed E-state index contributed by atoms with van der Waals surface area (Å²) in [5, 5.41) is 5.06. The lowest BCUT2D eigenvalue weighted by Gasteiger charge is -2.37. The summed E-state index contributed by atoms with van der Waals surface area (Å²) in [5.74, 6) is 1.13. The zero-order valence-corrected chi connectivity index (χ0v) is 34.7. The van der Waals surface area contributed by atoms with Crippen molar-refractivity contribution >= 4 is 23.8 Å². The van der Waals surface area contributed by atoms with Gasteiger partial charge in [0.15, 0.2) is 0 Å². The van der Waals surface area contributed by atoms with E-state index in [1.54, 1.807) is 42.7 Å². The van der Waals surface area contributed by atoms with Gasteiger partial charge in [0.05, 0.1) is 26.3 Å². The van der Waals surface area contributed by atoms with Gasteiger partial charge in [-0.15, -0.1) is 0 Å². The Bertz CT molecular complexity index is 2160. The van der Waals surface area contributed by atoms with Crippen LogP contribution in [0.25, 0.3) is 11.1 Å². The van der Waals surface area contributed by atoms with Crippen LogP contribution in [-0.4, -0.2) is 139 Å². The second-order valence-corrected chi connectivity index (χ2v) is 16.6. The molecule has 0 spiro atoms. The number of pyridine rings is 1. The lowest BCUT2D eigenvalue weighted by molar-refractivity contribution is -0.136. The SMILES string of the molecule is CNC(=O)N1CCc2c(-c3cc(OC)c(CN4CCN(CCN5CCC(c6ccc7c(c6)C(=O)N(C6CCC(=O)NC6=O)C7)CC5)CC4)c(OC)c3)cn(C)c(=O)c2C1. The Morgan fingerprint density at radius 1 is 0.797 bits per heavy atom. The Labute approximate surface area is 345 Å². The molecular weight excluding hydrogens is 753 g/mol. The number of likely N-dealkylation sites (tertiary alicyclic amines) is 1. The highest BCUT2D eigenvalue weighted by Crippen LogP contribution is 2.39. The third-order valence-electron chi connectivity index (χ3n) is 13.2. The summed E-state index contributed by atoms with van der Waals surface area (Å²) >= 11 is 0. The van der Waals surface area contributed by atoms with Gasteiger partial charge in [-0.3, -0.25) is 34.3 Å². The third kappa shape index (κ3) is 8.20. The molecule has 8 rings (SSSR count). The van der Waals surface area contributed by atoms with Gasteiger partial charge in [-0.2, -0.15) is 0 Å². The fourth-order valence-electron chi connectivity index (χ4n) is 9.67. The highest BCUT2D eigenvalue weighted by molar-refractivity contribution is 6.05. The predicted octanol–water partition coefficient (Wildman–Crippen LogP) is 2.53. The van der Waals surface area contributed by atoms with E-state index in [0.29, 0.717) is 49.5 Å². The molecule has 3 aromatic rings. The van der Waals surface area contributed by atoms with Crippen LogP contribution in [0.2, 0.25) is 0 Å². The molecule has 59 heavy (non-hydrogen) atoms. The van der Waals surface area contributed by atoms with Crippen LogP contribution in [0.15, 0.2) is 41.3 Å². The van der Waals surface area contributed by atoms with Crippen molar-refractivity contribution in [1.29, 1.82) is 0 Å². The summed E-state index contributed by atoms with van der Waals surface area (Å²) in [6.07, 6.45) is 5.17. The molecule has 1 aromatic heterocycles. The topological polar surface area (TPSA) is 149 Å². The maximum absolute atomic E-state index is 13.4. The number of imide groups is 1. The molecule has 3 fully saturated rings. The van der Waals surface area contributed by atoms with Crippen LogP contribution in [0, 0.1) is 0 Å². The maximum atomic E-state index is 13.4. The standard InChI is InChI=1S/C44H56N8O7/c1-45-44(57)51-14-11-32-34(25-47(2)42(55)35(32)27-51)31-22-38(58-3)36(39(23-31)59-4)26-50-19-17-49(18-20-50)16-15-48-12-9-28(10-13-48)29-5-6-30-24-52(43(56)33(30)21-29)37-7-8-40(53)46-41(37)54/h5-6,21-23,25,28,37H,7-20,24,26-27H2,1-4H3,(H,45,57)(H,46,53,54). The summed E-state index contributed by atoms with van der Waals surface area (Å²) in [7, 11) is 6.72. The van der Waals surface area contributed by atoms with Crippen molar-refractivity contribution < 1.29 is 28.7 Å². The van der Waals surface area contributed by atoms with E-state index in [1.807, 2.05) is 30.5 Å². The normalized spacial score (nSPS) is 20.7. The molecule has 0 aliphatic carbocycles. The zero-order valence-electron chi connectivity index (χ0n) is 34.7. The Balaban J connectivity index is 0.832. The molecule has 2 aromatic carbocycles. The van der Waals surface area contributed by atoms with Crippen molar-refractivity contribution in [3.05, 3.63) is 80.3 Å². The highest BCUT2D eigenvalue weighted by Gasteiger charge is 2.39. The number of nitrogens with one attached hydrogen (secondary N) is 2. The lowest BCUT2D eigenvalue weighted by atomic mass is 9.88. The second-order valence-electron chi connectivity index (χ2n) is 16.6. The first kappa shape index (κ1) is 40.5. The summed E-state index contributed by atoms with van der Waals surface area (Å²) in [5.41, 5.74) is 7.21. The van der Waals surface area contributed by atoms with Crippen molar-refractivity contribution in [1.82, 2.24) is 39.7 Å². The largest absolute Gasteiger partial charge is 0.496 e. The number of benzene rings is 2. The number of carbonyl (C=O) groups excluding carboxylic acids is 4. The summed E-state index contributed by atoms with van der Waals surface area (Å²) < 4.78 is 13.6. The van der Waals surface area contributed by atoms with E-state index in [2.05, 4.69) is 31.4 Å². The minimum absolute atomic E-state index is 0.0918. The van der Waals surface area contributed by atoms with Crippen LogP contribution in [0.5, 0.6) is 11.5 Å². The van der Waals surface area contributed by atoms with Gasteiger partial charge in [0, 0.05) is 102 Å². The first-order valence-electron chi connectivity index (χ1n) is 20.9. The molecule has 0 saturated carbocycles. The molecule has 2 N–H and O–H groups in total. The molecule has 1 unspecified atom stereocenters. The summed E-state index contributed by atoms with van der Waals surface area (Å²) in [4.78, 5) is 73.9. The molecule has 5 aliphatic rings. The maximum Gasteiger partial charge on any atom is 0.317 e. The molecule has 0 bridgehead atoms.